The van der Waals surface area contributed by atoms with E-state index in [-0.39, 0.29) is 23.8 Å². The first-order valence-corrected chi connectivity index (χ1v) is 8.22. The molecule has 0 saturated heterocycles. The molecule has 0 saturated carbocycles. The SMILES string of the molecule is Cn1ccsc1=NC(=O)CNC(=O)c1ccc(C(C)(C)C)cc1. The van der Waals surface area contributed by atoms with Gasteiger partial charge in [-0.1, -0.05) is 32.9 Å². The molecule has 0 aliphatic heterocycles. The zero-order valence-corrected chi connectivity index (χ0v) is 14.6. The largest absolute Gasteiger partial charge is 0.343 e. The fourth-order valence-electron chi connectivity index (χ4n) is 1.96. The van der Waals surface area contributed by atoms with Crippen LogP contribution in [0.4, 0.5) is 0 Å². The van der Waals surface area contributed by atoms with Gasteiger partial charge in [0.2, 0.25) is 0 Å². The lowest BCUT2D eigenvalue weighted by Gasteiger charge is -2.18. The van der Waals surface area contributed by atoms with E-state index < -0.39 is 0 Å². The third-order valence-corrected chi connectivity index (χ3v) is 4.24. The predicted molar refractivity (Wildman–Crippen MR) is 91.3 cm³/mol. The van der Waals surface area contributed by atoms with Gasteiger partial charge in [-0.05, 0) is 23.1 Å². The Balaban J connectivity index is 1.97. The minimum Gasteiger partial charge on any atom is -0.343 e. The molecule has 0 bridgehead atoms. The van der Waals surface area contributed by atoms with Crippen LogP contribution in [-0.2, 0) is 17.3 Å². The lowest BCUT2D eigenvalue weighted by molar-refractivity contribution is -0.117. The van der Waals surface area contributed by atoms with Crippen molar-refractivity contribution in [1.29, 1.82) is 0 Å². The van der Waals surface area contributed by atoms with E-state index in [2.05, 4.69) is 31.1 Å². The molecule has 1 aromatic heterocycles. The van der Waals surface area contributed by atoms with Crippen LogP contribution in [0.5, 0.6) is 0 Å². The van der Waals surface area contributed by atoms with Crippen LogP contribution in [-0.4, -0.2) is 22.9 Å². The lowest BCUT2D eigenvalue weighted by atomic mass is 9.87. The highest BCUT2D eigenvalue weighted by Crippen LogP contribution is 2.22. The number of aromatic nitrogens is 1. The van der Waals surface area contributed by atoms with E-state index in [4.69, 9.17) is 0 Å². The van der Waals surface area contributed by atoms with E-state index in [1.807, 2.05) is 30.8 Å². The van der Waals surface area contributed by atoms with Crippen molar-refractivity contribution in [3.8, 4) is 0 Å². The van der Waals surface area contributed by atoms with Crippen LogP contribution >= 0.6 is 11.3 Å². The highest BCUT2D eigenvalue weighted by molar-refractivity contribution is 7.07. The van der Waals surface area contributed by atoms with Crippen LogP contribution in [0.15, 0.2) is 40.8 Å². The first kappa shape index (κ1) is 17.1. The number of hydrogen-bond acceptors (Lipinski definition) is 3. The van der Waals surface area contributed by atoms with Crippen molar-refractivity contribution in [3.05, 3.63) is 51.8 Å². The third-order valence-electron chi connectivity index (χ3n) is 3.39. The number of thiazole rings is 1. The third kappa shape index (κ3) is 4.63. The number of nitrogens with zero attached hydrogens (tertiary/aromatic N) is 2. The van der Waals surface area contributed by atoms with Gasteiger partial charge in [0.05, 0.1) is 6.54 Å². The summed E-state index contributed by atoms with van der Waals surface area (Å²) in [6.45, 7) is 6.24. The molecule has 0 atom stereocenters. The van der Waals surface area contributed by atoms with Crippen LogP contribution in [0.1, 0.15) is 36.7 Å². The molecular weight excluding hydrogens is 310 g/mol. The molecule has 1 heterocycles. The number of rotatable bonds is 3. The Hall–Kier alpha value is -2.21. The summed E-state index contributed by atoms with van der Waals surface area (Å²) in [5.74, 6) is -0.646. The number of carbonyl (C=O) groups excluding carboxylic acids is 2. The van der Waals surface area contributed by atoms with Gasteiger partial charge in [0, 0.05) is 24.2 Å². The topological polar surface area (TPSA) is 63.5 Å². The Kier molecular flexibility index (Phi) is 5.15. The average Bonchev–Trinajstić information content (AvgIpc) is 2.89. The molecule has 23 heavy (non-hydrogen) atoms. The summed E-state index contributed by atoms with van der Waals surface area (Å²) >= 11 is 1.38. The molecular formula is C17H21N3O2S. The lowest BCUT2D eigenvalue weighted by Crippen LogP contribution is -2.30. The summed E-state index contributed by atoms with van der Waals surface area (Å²) in [6.07, 6.45) is 1.83. The maximum absolute atomic E-state index is 12.1. The Morgan fingerprint density at radius 2 is 1.87 bits per heavy atom. The molecule has 2 amide bonds. The fourth-order valence-corrected chi connectivity index (χ4v) is 2.71. The molecule has 0 fully saturated rings. The summed E-state index contributed by atoms with van der Waals surface area (Å²) < 4.78 is 1.76. The van der Waals surface area contributed by atoms with Gasteiger partial charge in [0.25, 0.3) is 11.8 Å². The van der Waals surface area contributed by atoms with E-state index in [1.165, 1.54) is 11.3 Å². The van der Waals surface area contributed by atoms with Crippen molar-refractivity contribution in [2.45, 2.75) is 26.2 Å². The van der Waals surface area contributed by atoms with Crippen molar-refractivity contribution >= 4 is 23.2 Å². The highest BCUT2D eigenvalue weighted by atomic mass is 32.1. The van der Waals surface area contributed by atoms with Crippen molar-refractivity contribution in [2.24, 2.45) is 12.0 Å². The second-order valence-corrected chi connectivity index (χ2v) is 7.19. The fraction of sp³-hybridized carbons (Fsp3) is 0.353. The van der Waals surface area contributed by atoms with Crippen LogP contribution in [0, 0.1) is 0 Å². The standard InChI is InChI=1S/C17H21N3O2S/c1-17(2,3)13-7-5-12(6-8-13)15(22)18-11-14(21)19-16-20(4)9-10-23-16/h5-10H,11H2,1-4H3,(H,18,22). The van der Waals surface area contributed by atoms with Gasteiger partial charge in [-0.25, -0.2) is 0 Å². The normalized spacial score (nSPS) is 12.3. The summed E-state index contributed by atoms with van der Waals surface area (Å²) in [7, 11) is 1.82. The number of aryl methyl sites for hydroxylation is 1. The van der Waals surface area contributed by atoms with Gasteiger partial charge < -0.3 is 9.88 Å². The second kappa shape index (κ2) is 6.91. The smallest absolute Gasteiger partial charge is 0.267 e. The molecule has 1 aromatic carbocycles. The Morgan fingerprint density at radius 1 is 1.22 bits per heavy atom. The number of benzene rings is 1. The van der Waals surface area contributed by atoms with Crippen LogP contribution in [0.25, 0.3) is 0 Å². The predicted octanol–water partition coefficient (Wildman–Crippen LogP) is 2.24. The Bertz CT molecular complexity index is 764. The van der Waals surface area contributed by atoms with E-state index in [0.29, 0.717) is 10.4 Å². The monoisotopic (exact) mass is 331 g/mol. The average molecular weight is 331 g/mol. The molecule has 6 heteroatoms. The Morgan fingerprint density at radius 3 is 2.39 bits per heavy atom. The van der Waals surface area contributed by atoms with Crippen LogP contribution in [0.3, 0.4) is 0 Å². The van der Waals surface area contributed by atoms with Crippen molar-refractivity contribution in [1.82, 2.24) is 9.88 Å². The van der Waals surface area contributed by atoms with E-state index in [1.54, 1.807) is 16.7 Å². The number of amides is 2. The van der Waals surface area contributed by atoms with Gasteiger partial charge >= 0.3 is 0 Å². The molecule has 0 aliphatic rings. The highest BCUT2D eigenvalue weighted by Gasteiger charge is 2.14. The molecule has 1 N–H and O–H groups in total. The molecule has 0 spiro atoms. The van der Waals surface area contributed by atoms with Gasteiger partial charge in [-0.15, -0.1) is 11.3 Å². The minimum atomic E-state index is -0.372. The van der Waals surface area contributed by atoms with Crippen molar-refractivity contribution < 1.29 is 9.59 Å². The van der Waals surface area contributed by atoms with Gasteiger partial charge in [0.1, 0.15) is 0 Å². The summed E-state index contributed by atoms with van der Waals surface area (Å²) in [5.41, 5.74) is 1.73. The van der Waals surface area contributed by atoms with Crippen LogP contribution < -0.4 is 10.1 Å². The number of nitrogens with one attached hydrogen (secondary N) is 1. The maximum Gasteiger partial charge on any atom is 0.267 e. The summed E-state index contributed by atoms with van der Waals surface area (Å²) in [5, 5.41) is 4.45. The first-order chi connectivity index (χ1) is 10.8. The maximum atomic E-state index is 12.1. The second-order valence-electron chi connectivity index (χ2n) is 6.31. The number of hydrogen-bond donors (Lipinski definition) is 1. The first-order valence-electron chi connectivity index (χ1n) is 7.34. The van der Waals surface area contributed by atoms with E-state index in [0.717, 1.165) is 5.56 Å². The molecule has 2 aromatic rings. The van der Waals surface area contributed by atoms with Crippen molar-refractivity contribution in [2.75, 3.05) is 6.54 Å². The number of carbonyl (C=O) groups is 2. The molecule has 5 nitrogen and oxygen atoms in total. The zero-order valence-electron chi connectivity index (χ0n) is 13.8. The van der Waals surface area contributed by atoms with Crippen LogP contribution in [0.2, 0.25) is 0 Å². The minimum absolute atomic E-state index is 0.0418. The molecule has 0 aliphatic carbocycles. The van der Waals surface area contributed by atoms with Gasteiger partial charge in [-0.2, -0.15) is 4.99 Å². The quantitative estimate of drug-likeness (QED) is 0.937. The zero-order chi connectivity index (χ0) is 17.0. The molecule has 0 unspecified atom stereocenters. The van der Waals surface area contributed by atoms with Gasteiger partial charge in [0.15, 0.2) is 4.80 Å². The summed E-state index contributed by atoms with van der Waals surface area (Å²) in [4.78, 5) is 28.4. The molecule has 2 rings (SSSR count). The summed E-state index contributed by atoms with van der Waals surface area (Å²) in [6, 6.07) is 7.42. The van der Waals surface area contributed by atoms with E-state index >= 15 is 0 Å². The Labute approximate surface area is 139 Å². The molecule has 122 valence electrons. The van der Waals surface area contributed by atoms with E-state index in [9.17, 15) is 9.59 Å². The van der Waals surface area contributed by atoms with Gasteiger partial charge in [-0.3, -0.25) is 9.59 Å². The van der Waals surface area contributed by atoms with Crippen molar-refractivity contribution in [3.63, 3.8) is 0 Å². The molecule has 0 radical (unpaired) electrons.